The van der Waals surface area contributed by atoms with Gasteiger partial charge >= 0.3 is 0 Å². The van der Waals surface area contributed by atoms with Gasteiger partial charge in [-0.1, -0.05) is 41.1 Å². The average Bonchev–Trinajstić information content (AvgIpc) is 2.27. The molecule has 1 fully saturated rings. The van der Waals surface area contributed by atoms with E-state index in [2.05, 4.69) is 42.4 Å². The zero-order chi connectivity index (χ0) is 12.6. The fourth-order valence-corrected chi connectivity index (χ4v) is 4.46. The van der Waals surface area contributed by atoms with E-state index in [1.54, 1.807) is 0 Å². The van der Waals surface area contributed by atoms with Gasteiger partial charge in [0.1, 0.15) is 0 Å². The van der Waals surface area contributed by atoms with E-state index in [1.165, 1.54) is 6.42 Å². The van der Waals surface area contributed by atoms with Gasteiger partial charge in [0, 0.05) is 11.8 Å². The van der Waals surface area contributed by atoms with Crippen LogP contribution in [0.5, 0.6) is 0 Å². The van der Waals surface area contributed by atoms with Gasteiger partial charge in [-0.2, -0.15) is 0 Å². The molecular weight excluding hydrogens is 276 g/mol. The predicted octanol–water partition coefficient (Wildman–Crippen LogP) is 4.28. The SMILES string of the molecule is C=C(C)C1CC(=O)C2=CCCC(CBr)C2(C)C1. The number of ketones is 1. The molecule has 0 amide bonds. The second-order valence-corrected chi connectivity index (χ2v) is 6.49. The number of hydrogen-bond acceptors (Lipinski definition) is 1. The number of halogens is 1. The quantitative estimate of drug-likeness (QED) is 0.549. The summed E-state index contributed by atoms with van der Waals surface area (Å²) in [4.78, 5) is 12.3. The molecule has 0 spiro atoms. The van der Waals surface area contributed by atoms with E-state index in [4.69, 9.17) is 0 Å². The Balaban J connectivity index is 2.36. The number of carbonyl (C=O) groups is 1. The minimum absolute atomic E-state index is 0.0701. The van der Waals surface area contributed by atoms with Gasteiger partial charge in [0.2, 0.25) is 0 Å². The molecule has 1 nitrogen and oxygen atoms in total. The van der Waals surface area contributed by atoms with Crippen molar-refractivity contribution in [1.82, 2.24) is 0 Å². The first kappa shape index (κ1) is 13.1. The first-order valence-electron chi connectivity index (χ1n) is 6.44. The van der Waals surface area contributed by atoms with Crippen LogP contribution in [0.25, 0.3) is 0 Å². The van der Waals surface area contributed by atoms with Gasteiger partial charge in [0.15, 0.2) is 5.78 Å². The van der Waals surface area contributed by atoms with E-state index in [0.29, 0.717) is 24.0 Å². The molecule has 0 bridgehead atoms. The van der Waals surface area contributed by atoms with Crippen molar-refractivity contribution in [2.75, 3.05) is 5.33 Å². The highest BCUT2D eigenvalue weighted by atomic mass is 79.9. The normalized spacial score (nSPS) is 37.4. The third-order valence-electron chi connectivity index (χ3n) is 4.67. The van der Waals surface area contributed by atoms with Crippen LogP contribution in [0.15, 0.2) is 23.8 Å². The lowest BCUT2D eigenvalue weighted by Gasteiger charge is -2.47. The third-order valence-corrected chi connectivity index (χ3v) is 5.45. The minimum atomic E-state index is 0.0701. The maximum Gasteiger partial charge on any atom is 0.159 e. The van der Waals surface area contributed by atoms with Crippen LogP contribution in [-0.2, 0) is 4.79 Å². The van der Waals surface area contributed by atoms with Gasteiger partial charge in [0.25, 0.3) is 0 Å². The monoisotopic (exact) mass is 296 g/mol. The Bertz CT molecular complexity index is 382. The number of allylic oxidation sites excluding steroid dienone is 3. The Kier molecular flexibility index (Phi) is 3.63. The fourth-order valence-electron chi connectivity index (χ4n) is 3.42. The van der Waals surface area contributed by atoms with Crippen LogP contribution >= 0.6 is 15.9 Å². The second kappa shape index (κ2) is 4.72. The van der Waals surface area contributed by atoms with Gasteiger partial charge in [0.05, 0.1) is 0 Å². The summed E-state index contributed by atoms with van der Waals surface area (Å²) in [6.45, 7) is 8.38. The van der Waals surface area contributed by atoms with Crippen molar-refractivity contribution in [3.63, 3.8) is 0 Å². The Hall–Kier alpha value is -0.370. The van der Waals surface area contributed by atoms with E-state index in [-0.39, 0.29) is 5.41 Å². The van der Waals surface area contributed by atoms with Crippen molar-refractivity contribution >= 4 is 21.7 Å². The highest BCUT2D eigenvalue weighted by molar-refractivity contribution is 9.09. The number of hydrogen-bond donors (Lipinski definition) is 0. The Labute approximate surface area is 112 Å². The first-order chi connectivity index (χ1) is 7.99. The Morgan fingerprint density at radius 1 is 1.65 bits per heavy atom. The molecule has 0 saturated heterocycles. The summed E-state index contributed by atoms with van der Waals surface area (Å²) >= 11 is 3.62. The molecule has 2 heteroatoms. The molecular formula is C15H21BrO. The Morgan fingerprint density at radius 3 is 2.94 bits per heavy atom. The number of fused-ring (bicyclic) bond motifs is 1. The maximum atomic E-state index is 12.3. The molecule has 17 heavy (non-hydrogen) atoms. The van der Waals surface area contributed by atoms with Crippen molar-refractivity contribution < 1.29 is 4.79 Å². The summed E-state index contributed by atoms with van der Waals surface area (Å²) in [7, 11) is 0. The topological polar surface area (TPSA) is 17.1 Å². The highest BCUT2D eigenvalue weighted by Gasteiger charge is 2.46. The smallest absolute Gasteiger partial charge is 0.159 e. The van der Waals surface area contributed by atoms with E-state index < -0.39 is 0 Å². The molecule has 1 saturated carbocycles. The maximum absolute atomic E-state index is 12.3. The largest absolute Gasteiger partial charge is 0.295 e. The summed E-state index contributed by atoms with van der Waals surface area (Å²) in [5, 5.41) is 0.997. The molecule has 0 aromatic heterocycles. The number of Topliss-reactive ketones (excluding diaryl/α,β-unsaturated/α-hetero) is 1. The standard InChI is InChI=1S/C15H21BrO/c1-10(2)11-7-14(17)13-6-4-5-12(9-16)15(13,3)8-11/h6,11-12H,1,4-5,7-9H2,2-3H3. The second-order valence-electron chi connectivity index (χ2n) is 5.84. The van der Waals surface area contributed by atoms with Crippen LogP contribution in [-0.4, -0.2) is 11.1 Å². The molecule has 2 aliphatic carbocycles. The first-order valence-corrected chi connectivity index (χ1v) is 7.56. The predicted molar refractivity (Wildman–Crippen MR) is 75.3 cm³/mol. The third kappa shape index (κ3) is 2.16. The van der Waals surface area contributed by atoms with Crippen LogP contribution in [0.4, 0.5) is 0 Å². The van der Waals surface area contributed by atoms with Crippen LogP contribution in [0.3, 0.4) is 0 Å². The lowest BCUT2D eigenvalue weighted by Crippen LogP contribution is -2.42. The van der Waals surface area contributed by atoms with Gasteiger partial charge in [-0.25, -0.2) is 0 Å². The number of alkyl halides is 1. The molecule has 0 heterocycles. The van der Waals surface area contributed by atoms with Crippen molar-refractivity contribution in [1.29, 1.82) is 0 Å². The summed E-state index contributed by atoms with van der Waals surface area (Å²) < 4.78 is 0. The van der Waals surface area contributed by atoms with E-state index in [1.807, 2.05) is 0 Å². The molecule has 0 N–H and O–H groups in total. The van der Waals surface area contributed by atoms with Gasteiger partial charge < -0.3 is 0 Å². The molecule has 2 rings (SSSR count). The summed E-state index contributed by atoms with van der Waals surface area (Å²) in [6.07, 6.45) is 6.21. The summed E-state index contributed by atoms with van der Waals surface area (Å²) in [5.74, 6) is 1.33. The molecule has 0 aliphatic heterocycles. The van der Waals surface area contributed by atoms with Crippen molar-refractivity contribution in [2.24, 2.45) is 17.3 Å². The number of rotatable bonds is 2. The lowest BCUT2D eigenvalue weighted by molar-refractivity contribution is -0.120. The molecule has 0 aromatic rings. The van der Waals surface area contributed by atoms with Gasteiger partial charge in [-0.05, 0) is 49.0 Å². The van der Waals surface area contributed by atoms with E-state index >= 15 is 0 Å². The zero-order valence-electron chi connectivity index (χ0n) is 10.8. The van der Waals surface area contributed by atoms with Crippen LogP contribution in [0.2, 0.25) is 0 Å². The van der Waals surface area contributed by atoms with Crippen LogP contribution in [0, 0.1) is 17.3 Å². The molecule has 0 aromatic carbocycles. The summed E-state index contributed by atoms with van der Waals surface area (Å²) in [5.41, 5.74) is 2.34. The molecule has 3 atom stereocenters. The zero-order valence-corrected chi connectivity index (χ0v) is 12.3. The van der Waals surface area contributed by atoms with Crippen molar-refractivity contribution in [3.05, 3.63) is 23.8 Å². The van der Waals surface area contributed by atoms with Gasteiger partial charge in [-0.15, -0.1) is 0 Å². The van der Waals surface area contributed by atoms with Gasteiger partial charge in [-0.3, -0.25) is 4.79 Å². The summed E-state index contributed by atoms with van der Waals surface area (Å²) in [6, 6.07) is 0. The Morgan fingerprint density at radius 2 is 2.35 bits per heavy atom. The molecule has 94 valence electrons. The van der Waals surface area contributed by atoms with E-state index in [9.17, 15) is 4.79 Å². The molecule has 3 unspecified atom stereocenters. The van der Waals surface area contributed by atoms with Crippen LogP contribution in [0.1, 0.15) is 39.5 Å². The average molecular weight is 297 g/mol. The molecule has 0 radical (unpaired) electrons. The van der Waals surface area contributed by atoms with E-state index in [0.717, 1.165) is 29.3 Å². The molecule has 2 aliphatic rings. The minimum Gasteiger partial charge on any atom is -0.295 e. The number of carbonyl (C=O) groups excluding carboxylic acids is 1. The van der Waals surface area contributed by atoms with Crippen molar-refractivity contribution in [3.8, 4) is 0 Å². The van der Waals surface area contributed by atoms with Crippen LogP contribution < -0.4 is 0 Å². The highest BCUT2D eigenvalue weighted by Crippen LogP contribution is 2.52. The fraction of sp³-hybridized carbons (Fsp3) is 0.667. The van der Waals surface area contributed by atoms with Crippen molar-refractivity contribution in [2.45, 2.75) is 39.5 Å². The lowest BCUT2D eigenvalue weighted by atomic mass is 9.57.